The molecule has 1 N–H and O–H groups in total. The number of esters is 3. The van der Waals surface area contributed by atoms with Crippen molar-refractivity contribution in [2.75, 3.05) is 6.61 Å². The molecule has 15 heteroatoms. The Kier molecular flexibility index (Phi) is 7.75. The molecule has 5 atom stereocenters. The summed E-state index contributed by atoms with van der Waals surface area (Å²) in [4.78, 5) is 33.5. The largest absolute Gasteiger partial charge is 0.523 e. The number of carbonyl (C=O) groups excluding carboxylic acids is 3. The highest BCUT2D eigenvalue weighted by molar-refractivity contribution is 7.87. The number of ether oxygens (including phenoxy) is 4. The Morgan fingerprint density at radius 3 is 1.89 bits per heavy atom. The average molecular weight is 438 g/mol. The van der Waals surface area contributed by atoms with E-state index in [1.165, 1.54) is 0 Å². The highest BCUT2D eigenvalue weighted by Crippen LogP contribution is 2.33. The molecular weight excluding hydrogens is 421 g/mol. The van der Waals surface area contributed by atoms with Gasteiger partial charge in [-0.3, -0.25) is 18.6 Å². The van der Waals surface area contributed by atoms with Gasteiger partial charge in [-0.2, -0.15) is 21.6 Å². The lowest BCUT2D eigenvalue weighted by Crippen LogP contribution is -2.62. The number of halogens is 3. The van der Waals surface area contributed by atoms with E-state index in [0.29, 0.717) is 0 Å². The quantitative estimate of drug-likeness (QED) is 0.244. The van der Waals surface area contributed by atoms with Gasteiger partial charge in [0.25, 0.3) is 0 Å². The van der Waals surface area contributed by atoms with Crippen molar-refractivity contribution in [2.45, 2.75) is 57.0 Å². The minimum atomic E-state index is -6.24. The topological polar surface area (TPSA) is 152 Å². The van der Waals surface area contributed by atoms with E-state index in [1.54, 1.807) is 0 Å². The summed E-state index contributed by atoms with van der Waals surface area (Å²) in [5, 5.41) is 9.95. The van der Waals surface area contributed by atoms with Crippen LogP contribution >= 0.6 is 0 Å². The molecule has 0 aromatic rings. The van der Waals surface area contributed by atoms with E-state index < -0.39 is 70.8 Å². The molecule has 0 bridgehead atoms. The van der Waals surface area contributed by atoms with Crippen molar-refractivity contribution in [1.82, 2.24) is 0 Å². The van der Waals surface area contributed by atoms with Crippen molar-refractivity contribution in [2.24, 2.45) is 0 Å². The second-order valence-corrected chi connectivity index (χ2v) is 7.04. The smallest absolute Gasteiger partial charge is 0.463 e. The normalized spacial score (nSPS) is 28.3. The van der Waals surface area contributed by atoms with Gasteiger partial charge in [-0.1, -0.05) is 0 Å². The van der Waals surface area contributed by atoms with Crippen LogP contribution in [-0.2, 0) is 47.6 Å². The number of carbonyl (C=O) groups is 3. The van der Waals surface area contributed by atoms with Crippen LogP contribution in [0.5, 0.6) is 0 Å². The third-order valence-electron chi connectivity index (χ3n) is 3.19. The first kappa shape index (κ1) is 24.1. The first-order valence-corrected chi connectivity index (χ1v) is 8.87. The molecule has 0 aromatic carbocycles. The highest BCUT2D eigenvalue weighted by atomic mass is 32.2. The molecule has 1 saturated heterocycles. The molecule has 0 aromatic heterocycles. The van der Waals surface area contributed by atoms with Crippen LogP contribution in [0.15, 0.2) is 0 Å². The molecule has 1 heterocycles. The molecule has 0 unspecified atom stereocenters. The molecule has 11 nitrogen and oxygen atoms in total. The van der Waals surface area contributed by atoms with Crippen LogP contribution in [-0.4, -0.2) is 74.3 Å². The van der Waals surface area contributed by atoms with Crippen molar-refractivity contribution < 1.29 is 64.2 Å². The Morgan fingerprint density at radius 2 is 1.46 bits per heavy atom. The molecule has 0 aliphatic carbocycles. The molecule has 28 heavy (non-hydrogen) atoms. The van der Waals surface area contributed by atoms with Crippen molar-refractivity contribution >= 4 is 28.0 Å². The first-order chi connectivity index (χ1) is 12.7. The number of hydrogen-bond acceptors (Lipinski definition) is 11. The number of alkyl halides is 3. The summed E-state index contributed by atoms with van der Waals surface area (Å²) in [5.74, 6) is -3.09. The fourth-order valence-electron chi connectivity index (χ4n) is 2.19. The summed E-state index contributed by atoms with van der Waals surface area (Å²) < 4.78 is 84.0. The van der Waals surface area contributed by atoms with Crippen LogP contribution in [0.4, 0.5) is 13.2 Å². The standard InChI is InChI=1S/C13H17F3O11S/c1-5(17)23-4-8-9(27-28(21,22)13(14,15)16)10(24-6(2)18)11(12(20)26-8)25-7(3)19/h8-12,20H,4H2,1-3H3/t8-,9+,10+,11-,12+/m1/s1. The SMILES string of the molecule is CC(=O)OC[C@H]1O[C@H](O)[C@H](OC(C)=O)[C@@H](OC(C)=O)[C@H]1OS(=O)(=O)C(F)(F)F. The fraction of sp³-hybridized carbons (Fsp3) is 0.769. The van der Waals surface area contributed by atoms with Gasteiger partial charge in [0.05, 0.1) is 0 Å². The maximum atomic E-state index is 12.7. The Morgan fingerprint density at radius 1 is 0.964 bits per heavy atom. The van der Waals surface area contributed by atoms with E-state index >= 15 is 0 Å². The highest BCUT2D eigenvalue weighted by Gasteiger charge is 2.56. The lowest BCUT2D eigenvalue weighted by atomic mass is 9.98. The predicted octanol–water partition coefficient (Wildman–Crippen LogP) is -0.635. The van der Waals surface area contributed by atoms with Crippen molar-refractivity contribution in [3.05, 3.63) is 0 Å². The second-order valence-electron chi connectivity index (χ2n) is 5.48. The van der Waals surface area contributed by atoms with E-state index in [-0.39, 0.29) is 0 Å². The van der Waals surface area contributed by atoms with Gasteiger partial charge in [-0.15, -0.1) is 0 Å². The maximum Gasteiger partial charge on any atom is 0.523 e. The lowest BCUT2D eigenvalue weighted by molar-refractivity contribution is -0.290. The number of hydrogen-bond donors (Lipinski definition) is 1. The molecule has 1 aliphatic rings. The number of rotatable bonds is 6. The van der Waals surface area contributed by atoms with E-state index in [0.717, 1.165) is 20.8 Å². The minimum Gasteiger partial charge on any atom is -0.463 e. The predicted molar refractivity (Wildman–Crippen MR) is 78.5 cm³/mol. The van der Waals surface area contributed by atoms with Crippen LogP contribution in [0.3, 0.4) is 0 Å². The van der Waals surface area contributed by atoms with E-state index in [9.17, 15) is 41.1 Å². The van der Waals surface area contributed by atoms with Crippen LogP contribution in [0.25, 0.3) is 0 Å². The Bertz CT molecular complexity index is 705. The van der Waals surface area contributed by atoms with Crippen LogP contribution in [0.1, 0.15) is 20.8 Å². The first-order valence-electron chi connectivity index (χ1n) is 7.46. The van der Waals surface area contributed by atoms with Crippen LogP contribution in [0, 0.1) is 0 Å². The van der Waals surface area contributed by atoms with Crippen molar-refractivity contribution in [3.8, 4) is 0 Å². The maximum absolute atomic E-state index is 12.7. The zero-order chi connectivity index (χ0) is 21.9. The van der Waals surface area contributed by atoms with Crippen LogP contribution < -0.4 is 0 Å². The van der Waals surface area contributed by atoms with Gasteiger partial charge >= 0.3 is 33.5 Å². The van der Waals surface area contributed by atoms with Gasteiger partial charge in [0.1, 0.15) is 18.8 Å². The Hall–Kier alpha value is -1.97. The van der Waals surface area contributed by atoms with Gasteiger partial charge in [-0.25, -0.2) is 0 Å². The molecule has 0 amide bonds. The molecule has 1 aliphatic heterocycles. The third-order valence-corrected chi connectivity index (χ3v) is 4.23. The summed E-state index contributed by atoms with van der Waals surface area (Å²) in [6.07, 6.45) is -10.1. The second kappa shape index (κ2) is 9.02. The zero-order valence-electron chi connectivity index (χ0n) is 14.7. The molecule has 0 saturated carbocycles. The monoisotopic (exact) mass is 438 g/mol. The van der Waals surface area contributed by atoms with E-state index in [2.05, 4.69) is 13.7 Å². The van der Waals surface area contributed by atoms with Crippen molar-refractivity contribution in [3.63, 3.8) is 0 Å². The van der Waals surface area contributed by atoms with Gasteiger partial charge in [-0.05, 0) is 0 Å². The minimum absolute atomic E-state index is 0.822. The number of aliphatic hydroxyl groups excluding tert-OH is 1. The third kappa shape index (κ3) is 6.29. The number of aliphatic hydroxyl groups is 1. The lowest BCUT2D eigenvalue weighted by Gasteiger charge is -2.42. The summed E-state index contributed by atoms with van der Waals surface area (Å²) in [6.45, 7) is 1.76. The summed E-state index contributed by atoms with van der Waals surface area (Å²) >= 11 is 0. The molecule has 1 fully saturated rings. The van der Waals surface area contributed by atoms with Gasteiger partial charge in [0.2, 0.25) is 0 Å². The summed E-state index contributed by atoms with van der Waals surface area (Å²) in [6, 6.07) is 0. The molecule has 162 valence electrons. The molecule has 1 rings (SSSR count). The Labute approximate surface area is 156 Å². The van der Waals surface area contributed by atoms with Gasteiger partial charge in [0.15, 0.2) is 18.5 Å². The molecule has 0 radical (unpaired) electrons. The average Bonchev–Trinajstić information content (AvgIpc) is 2.49. The summed E-state index contributed by atoms with van der Waals surface area (Å²) in [7, 11) is -6.24. The molecule has 0 spiro atoms. The fourth-order valence-corrected chi connectivity index (χ4v) is 2.82. The van der Waals surface area contributed by atoms with E-state index in [4.69, 9.17) is 9.47 Å². The van der Waals surface area contributed by atoms with Gasteiger partial charge < -0.3 is 24.1 Å². The van der Waals surface area contributed by atoms with Crippen LogP contribution in [0.2, 0.25) is 0 Å². The Balaban J connectivity index is 3.35. The summed E-state index contributed by atoms with van der Waals surface area (Å²) in [5.41, 5.74) is -5.85. The van der Waals surface area contributed by atoms with Crippen molar-refractivity contribution in [1.29, 1.82) is 0 Å². The zero-order valence-corrected chi connectivity index (χ0v) is 15.5. The van der Waals surface area contributed by atoms with E-state index in [1.807, 2.05) is 0 Å². The van der Waals surface area contributed by atoms with Gasteiger partial charge in [0, 0.05) is 20.8 Å². The molecular formula is C13H17F3O11S.